The summed E-state index contributed by atoms with van der Waals surface area (Å²) in [4.78, 5) is 8.63. The van der Waals surface area contributed by atoms with Gasteiger partial charge >= 0.3 is 0 Å². The second-order valence-electron chi connectivity index (χ2n) is 6.01. The number of nitrogens with zero attached hydrogens (tertiary/aromatic N) is 2. The van der Waals surface area contributed by atoms with Gasteiger partial charge < -0.3 is 10.1 Å². The molecular formula is C17H23N3O. The average Bonchev–Trinajstić information content (AvgIpc) is 2.46. The van der Waals surface area contributed by atoms with Crippen LogP contribution in [-0.4, -0.2) is 16.5 Å². The lowest BCUT2D eigenvalue weighted by Gasteiger charge is -2.19. The number of ether oxygens (including phenoxy) is 1. The van der Waals surface area contributed by atoms with Gasteiger partial charge in [0, 0.05) is 6.54 Å². The molecule has 0 spiro atoms. The number of hydrogen-bond acceptors (Lipinski definition) is 4. The van der Waals surface area contributed by atoms with Gasteiger partial charge in [-0.05, 0) is 29.7 Å². The van der Waals surface area contributed by atoms with E-state index < -0.39 is 0 Å². The van der Waals surface area contributed by atoms with Gasteiger partial charge in [0.05, 0.1) is 18.1 Å². The fraction of sp³-hybridized carbons (Fsp3) is 0.412. The minimum absolute atomic E-state index is 0.0979. The molecule has 2 rings (SSSR count). The highest BCUT2D eigenvalue weighted by atomic mass is 16.5. The van der Waals surface area contributed by atoms with Gasteiger partial charge in [-0.3, -0.25) is 4.98 Å². The van der Waals surface area contributed by atoms with Crippen molar-refractivity contribution in [3.05, 3.63) is 47.9 Å². The maximum absolute atomic E-state index is 5.78. The molecule has 0 atom stereocenters. The molecule has 0 amide bonds. The Kier molecular flexibility index (Phi) is 4.91. The molecule has 21 heavy (non-hydrogen) atoms. The van der Waals surface area contributed by atoms with Crippen LogP contribution in [0.3, 0.4) is 0 Å². The lowest BCUT2D eigenvalue weighted by atomic mass is 9.87. The van der Waals surface area contributed by atoms with Crippen LogP contribution in [0.25, 0.3) is 0 Å². The molecule has 0 saturated carbocycles. The molecule has 1 N–H and O–H groups in total. The Morgan fingerprint density at radius 1 is 1.14 bits per heavy atom. The van der Waals surface area contributed by atoms with E-state index in [4.69, 9.17) is 4.74 Å². The summed E-state index contributed by atoms with van der Waals surface area (Å²) in [6.45, 7) is 10.3. The first kappa shape index (κ1) is 15.4. The van der Waals surface area contributed by atoms with Crippen LogP contribution < -0.4 is 10.1 Å². The van der Waals surface area contributed by atoms with Gasteiger partial charge in [0.1, 0.15) is 5.75 Å². The lowest BCUT2D eigenvalue weighted by molar-refractivity contribution is 0.455. The number of nitrogens with one attached hydrogen (secondary N) is 1. The Morgan fingerprint density at radius 2 is 1.95 bits per heavy atom. The summed E-state index contributed by atoms with van der Waals surface area (Å²) in [6, 6.07) is 8.10. The Hall–Kier alpha value is -1.94. The third kappa shape index (κ3) is 4.53. The summed E-state index contributed by atoms with van der Waals surface area (Å²) in [5.74, 6) is 1.30. The zero-order valence-electron chi connectivity index (χ0n) is 13.2. The van der Waals surface area contributed by atoms with Crippen LogP contribution in [-0.2, 0) is 12.0 Å². The zero-order chi connectivity index (χ0) is 15.3. The molecule has 1 heterocycles. The minimum atomic E-state index is 0.0979. The van der Waals surface area contributed by atoms with Crippen molar-refractivity contribution in [2.75, 3.05) is 6.54 Å². The Balaban J connectivity index is 2.08. The third-order valence-corrected chi connectivity index (χ3v) is 3.16. The van der Waals surface area contributed by atoms with Crippen LogP contribution in [0.15, 0.2) is 36.7 Å². The van der Waals surface area contributed by atoms with Gasteiger partial charge in [-0.1, -0.05) is 39.8 Å². The second kappa shape index (κ2) is 6.68. The first-order chi connectivity index (χ1) is 9.99. The van der Waals surface area contributed by atoms with Crippen molar-refractivity contribution < 1.29 is 4.74 Å². The van der Waals surface area contributed by atoms with E-state index in [9.17, 15) is 0 Å². The normalized spacial score (nSPS) is 11.4. The van der Waals surface area contributed by atoms with Crippen LogP contribution >= 0.6 is 0 Å². The predicted octanol–water partition coefficient (Wildman–Crippen LogP) is 3.68. The maximum atomic E-state index is 5.78. The molecule has 4 nitrogen and oxygen atoms in total. The maximum Gasteiger partial charge on any atom is 0.237 e. The van der Waals surface area contributed by atoms with Gasteiger partial charge in [-0.2, -0.15) is 0 Å². The minimum Gasteiger partial charge on any atom is -0.437 e. The first-order valence-corrected chi connectivity index (χ1v) is 7.29. The Morgan fingerprint density at radius 3 is 2.57 bits per heavy atom. The molecule has 0 fully saturated rings. The number of hydrogen-bond donors (Lipinski definition) is 1. The molecule has 0 aliphatic rings. The van der Waals surface area contributed by atoms with Crippen molar-refractivity contribution in [2.24, 2.45) is 0 Å². The molecule has 1 aromatic heterocycles. The van der Waals surface area contributed by atoms with E-state index in [0.29, 0.717) is 5.88 Å². The molecule has 0 radical (unpaired) electrons. The topological polar surface area (TPSA) is 47.0 Å². The summed E-state index contributed by atoms with van der Waals surface area (Å²) < 4.78 is 5.78. The van der Waals surface area contributed by atoms with Gasteiger partial charge in [0.2, 0.25) is 5.88 Å². The Labute approximate surface area is 126 Å². The fourth-order valence-electron chi connectivity index (χ4n) is 1.89. The van der Waals surface area contributed by atoms with Crippen LogP contribution in [0.5, 0.6) is 11.6 Å². The van der Waals surface area contributed by atoms with Crippen LogP contribution in [0.2, 0.25) is 0 Å². The number of benzene rings is 1. The lowest BCUT2D eigenvalue weighted by Crippen LogP contribution is -2.13. The number of rotatable bonds is 5. The predicted molar refractivity (Wildman–Crippen MR) is 84.6 cm³/mol. The van der Waals surface area contributed by atoms with Crippen molar-refractivity contribution in [3.63, 3.8) is 0 Å². The average molecular weight is 285 g/mol. The smallest absolute Gasteiger partial charge is 0.237 e. The summed E-state index contributed by atoms with van der Waals surface area (Å²) in [7, 11) is 0. The molecule has 0 aliphatic heterocycles. The molecule has 0 saturated heterocycles. The monoisotopic (exact) mass is 285 g/mol. The second-order valence-corrected chi connectivity index (χ2v) is 6.01. The SMILES string of the molecule is CCNCc1cnc(Oc2cccc(C(C)(C)C)c2)cn1. The first-order valence-electron chi connectivity index (χ1n) is 7.29. The van der Waals surface area contributed by atoms with Crippen LogP contribution in [0.1, 0.15) is 39.0 Å². The third-order valence-electron chi connectivity index (χ3n) is 3.16. The van der Waals surface area contributed by atoms with Crippen molar-refractivity contribution in [1.29, 1.82) is 0 Å². The van der Waals surface area contributed by atoms with Crippen LogP contribution in [0.4, 0.5) is 0 Å². The molecule has 0 aliphatic carbocycles. The van der Waals surface area contributed by atoms with Crippen molar-refractivity contribution >= 4 is 0 Å². The molecule has 4 heteroatoms. The van der Waals surface area contributed by atoms with Gasteiger partial charge in [-0.15, -0.1) is 0 Å². The molecule has 112 valence electrons. The summed E-state index contributed by atoms with van der Waals surface area (Å²) in [5.41, 5.74) is 2.24. The summed E-state index contributed by atoms with van der Waals surface area (Å²) in [5, 5.41) is 3.21. The van der Waals surface area contributed by atoms with Crippen molar-refractivity contribution in [3.8, 4) is 11.6 Å². The molecule has 0 bridgehead atoms. The molecule has 0 unspecified atom stereocenters. The van der Waals surface area contributed by atoms with E-state index >= 15 is 0 Å². The largest absolute Gasteiger partial charge is 0.437 e. The van der Waals surface area contributed by atoms with E-state index in [1.807, 2.05) is 18.2 Å². The number of aromatic nitrogens is 2. The van der Waals surface area contributed by atoms with E-state index in [1.54, 1.807) is 12.4 Å². The molecule has 1 aromatic carbocycles. The fourth-order valence-corrected chi connectivity index (χ4v) is 1.89. The standard InChI is InChI=1S/C17H23N3O/c1-5-18-10-14-11-20-16(12-19-14)21-15-8-6-7-13(9-15)17(2,3)4/h6-9,11-12,18H,5,10H2,1-4H3. The van der Waals surface area contributed by atoms with E-state index in [0.717, 1.165) is 24.5 Å². The van der Waals surface area contributed by atoms with E-state index in [2.05, 4.69) is 49.0 Å². The zero-order valence-corrected chi connectivity index (χ0v) is 13.2. The van der Waals surface area contributed by atoms with Crippen molar-refractivity contribution in [1.82, 2.24) is 15.3 Å². The van der Waals surface area contributed by atoms with E-state index in [-0.39, 0.29) is 5.41 Å². The molecular weight excluding hydrogens is 262 g/mol. The van der Waals surface area contributed by atoms with Crippen molar-refractivity contribution in [2.45, 2.75) is 39.7 Å². The quantitative estimate of drug-likeness (QED) is 0.910. The highest BCUT2D eigenvalue weighted by molar-refractivity contribution is 5.34. The van der Waals surface area contributed by atoms with Gasteiger partial charge in [0.25, 0.3) is 0 Å². The van der Waals surface area contributed by atoms with E-state index in [1.165, 1.54) is 5.56 Å². The summed E-state index contributed by atoms with van der Waals surface area (Å²) in [6.07, 6.45) is 3.40. The molecule has 2 aromatic rings. The summed E-state index contributed by atoms with van der Waals surface area (Å²) >= 11 is 0. The van der Waals surface area contributed by atoms with Gasteiger partial charge in [0.15, 0.2) is 0 Å². The Bertz CT molecular complexity index is 573. The highest BCUT2D eigenvalue weighted by Crippen LogP contribution is 2.27. The highest BCUT2D eigenvalue weighted by Gasteiger charge is 2.14. The van der Waals surface area contributed by atoms with Gasteiger partial charge in [-0.25, -0.2) is 4.98 Å². The van der Waals surface area contributed by atoms with Crippen LogP contribution in [0, 0.1) is 0 Å².